The molecule has 12 heteroatoms. The van der Waals surface area contributed by atoms with Crippen molar-refractivity contribution in [2.45, 2.75) is 37.8 Å². The standard InChI is InChI=1S/C18H22BrN5O5S/c1-2-22-12-16(19)17(21-22)11-20-18(25)13-7-9-23(10-8-13)30(28,29)15-5-3-14(4-6-15)24(26)27/h3-6,12-13H,2,7-11H2,1H3,(H,20,25). The second kappa shape index (κ2) is 9.23. The molecule has 1 aromatic heterocycles. The van der Waals surface area contributed by atoms with Gasteiger partial charge in [-0.2, -0.15) is 9.40 Å². The molecule has 1 fully saturated rings. The first kappa shape index (κ1) is 22.4. The highest BCUT2D eigenvalue weighted by atomic mass is 79.9. The largest absolute Gasteiger partial charge is 0.350 e. The second-order valence-corrected chi connectivity index (χ2v) is 9.72. The Morgan fingerprint density at radius 2 is 1.93 bits per heavy atom. The molecule has 1 aliphatic heterocycles. The Kier molecular flexibility index (Phi) is 6.88. The van der Waals surface area contributed by atoms with Crippen LogP contribution in [0.1, 0.15) is 25.5 Å². The maximum absolute atomic E-state index is 12.8. The Morgan fingerprint density at radius 3 is 2.47 bits per heavy atom. The maximum atomic E-state index is 12.8. The number of piperidine rings is 1. The zero-order valence-corrected chi connectivity index (χ0v) is 18.7. The van der Waals surface area contributed by atoms with Crippen LogP contribution in [-0.4, -0.2) is 46.4 Å². The number of hydrogen-bond donors (Lipinski definition) is 1. The molecule has 1 aliphatic rings. The highest BCUT2D eigenvalue weighted by molar-refractivity contribution is 9.10. The third kappa shape index (κ3) is 4.87. The van der Waals surface area contributed by atoms with Crippen LogP contribution in [0.3, 0.4) is 0 Å². The molecule has 1 amide bonds. The smallest absolute Gasteiger partial charge is 0.269 e. The van der Waals surface area contributed by atoms with Crippen LogP contribution in [0.2, 0.25) is 0 Å². The summed E-state index contributed by atoms with van der Waals surface area (Å²) in [6.07, 6.45) is 2.66. The molecule has 3 rings (SSSR count). The maximum Gasteiger partial charge on any atom is 0.269 e. The summed E-state index contributed by atoms with van der Waals surface area (Å²) in [6.45, 7) is 3.43. The third-order valence-corrected chi connectivity index (χ3v) is 7.63. The number of benzene rings is 1. The van der Waals surface area contributed by atoms with Crippen molar-refractivity contribution in [1.82, 2.24) is 19.4 Å². The van der Waals surface area contributed by atoms with E-state index in [1.165, 1.54) is 28.6 Å². The number of aryl methyl sites for hydroxylation is 1. The van der Waals surface area contributed by atoms with Crippen molar-refractivity contribution in [3.8, 4) is 0 Å². The Bertz CT molecular complexity index is 1030. The van der Waals surface area contributed by atoms with Gasteiger partial charge < -0.3 is 5.32 Å². The fraction of sp³-hybridized carbons (Fsp3) is 0.444. The van der Waals surface area contributed by atoms with E-state index >= 15 is 0 Å². The van der Waals surface area contributed by atoms with Crippen molar-refractivity contribution in [2.75, 3.05) is 13.1 Å². The SMILES string of the molecule is CCn1cc(Br)c(CNC(=O)C2CCN(S(=O)(=O)c3ccc([N+](=O)[O-])cc3)CC2)n1. The van der Waals surface area contributed by atoms with Gasteiger partial charge in [0.1, 0.15) is 0 Å². The fourth-order valence-corrected chi connectivity index (χ4v) is 5.21. The van der Waals surface area contributed by atoms with E-state index in [1.54, 1.807) is 4.68 Å². The monoisotopic (exact) mass is 499 g/mol. The van der Waals surface area contributed by atoms with Gasteiger partial charge in [-0.05, 0) is 47.8 Å². The van der Waals surface area contributed by atoms with Crippen molar-refractivity contribution in [2.24, 2.45) is 5.92 Å². The Hall–Kier alpha value is -2.31. The molecule has 1 N–H and O–H groups in total. The van der Waals surface area contributed by atoms with E-state index in [4.69, 9.17) is 0 Å². The average Bonchev–Trinajstić information content (AvgIpc) is 3.11. The molecule has 0 bridgehead atoms. The van der Waals surface area contributed by atoms with E-state index in [2.05, 4.69) is 26.3 Å². The van der Waals surface area contributed by atoms with Gasteiger partial charge in [0.2, 0.25) is 15.9 Å². The minimum Gasteiger partial charge on any atom is -0.350 e. The van der Waals surface area contributed by atoms with Crippen molar-refractivity contribution < 1.29 is 18.1 Å². The Morgan fingerprint density at radius 1 is 1.30 bits per heavy atom. The van der Waals surface area contributed by atoms with Crippen LogP contribution in [0.4, 0.5) is 5.69 Å². The van der Waals surface area contributed by atoms with Gasteiger partial charge in [-0.15, -0.1) is 0 Å². The minimum absolute atomic E-state index is 0.00682. The first-order valence-electron chi connectivity index (χ1n) is 9.46. The molecule has 2 heterocycles. The number of carbonyl (C=O) groups excluding carboxylic acids is 1. The number of nitrogens with one attached hydrogen (secondary N) is 1. The van der Waals surface area contributed by atoms with E-state index in [1.807, 2.05) is 13.1 Å². The van der Waals surface area contributed by atoms with E-state index < -0.39 is 14.9 Å². The molecule has 0 atom stereocenters. The van der Waals surface area contributed by atoms with Gasteiger partial charge in [0.25, 0.3) is 5.69 Å². The predicted molar refractivity (Wildman–Crippen MR) is 112 cm³/mol. The van der Waals surface area contributed by atoms with E-state index in [9.17, 15) is 23.3 Å². The van der Waals surface area contributed by atoms with Crippen molar-refractivity contribution in [1.29, 1.82) is 0 Å². The molecule has 30 heavy (non-hydrogen) atoms. The summed E-state index contributed by atoms with van der Waals surface area (Å²) in [5.41, 5.74) is 0.572. The normalized spacial score (nSPS) is 15.8. The number of hydrogen-bond acceptors (Lipinski definition) is 6. The molecule has 162 valence electrons. The summed E-state index contributed by atoms with van der Waals surface area (Å²) in [7, 11) is -3.75. The number of aromatic nitrogens is 2. The van der Waals surface area contributed by atoms with E-state index in [0.29, 0.717) is 19.4 Å². The van der Waals surface area contributed by atoms with Crippen LogP contribution in [0, 0.1) is 16.0 Å². The van der Waals surface area contributed by atoms with Gasteiger partial charge in [0, 0.05) is 43.9 Å². The van der Waals surface area contributed by atoms with Crippen LogP contribution in [0.25, 0.3) is 0 Å². The quantitative estimate of drug-likeness (QED) is 0.459. The molecule has 0 saturated carbocycles. The number of nitro groups is 1. The lowest BCUT2D eigenvalue weighted by atomic mass is 9.97. The molecule has 0 spiro atoms. The fourth-order valence-electron chi connectivity index (χ4n) is 3.28. The average molecular weight is 500 g/mol. The lowest BCUT2D eigenvalue weighted by Crippen LogP contribution is -2.42. The number of rotatable bonds is 7. The molecule has 0 aliphatic carbocycles. The van der Waals surface area contributed by atoms with Gasteiger partial charge in [-0.1, -0.05) is 0 Å². The van der Waals surface area contributed by atoms with Crippen LogP contribution in [0.15, 0.2) is 39.8 Å². The number of non-ortho nitro benzene ring substituents is 1. The summed E-state index contributed by atoms with van der Waals surface area (Å²) >= 11 is 3.42. The number of amides is 1. The summed E-state index contributed by atoms with van der Waals surface area (Å²) in [4.78, 5) is 22.7. The second-order valence-electron chi connectivity index (χ2n) is 6.93. The summed E-state index contributed by atoms with van der Waals surface area (Å²) in [6, 6.07) is 4.81. The van der Waals surface area contributed by atoms with Crippen LogP contribution >= 0.6 is 15.9 Å². The number of halogens is 1. The Labute approximate surface area is 182 Å². The predicted octanol–water partition coefficient (Wildman–Crippen LogP) is 2.29. The molecule has 1 saturated heterocycles. The number of nitro benzene ring substituents is 1. The van der Waals surface area contributed by atoms with Crippen molar-refractivity contribution in [3.05, 3.63) is 50.7 Å². The summed E-state index contributed by atoms with van der Waals surface area (Å²) in [5.74, 6) is -0.402. The minimum atomic E-state index is -3.75. The van der Waals surface area contributed by atoms with Gasteiger partial charge in [0.15, 0.2) is 0 Å². The van der Waals surface area contributed by atoms with Crippen molar-refractivity contribution in [3.63, 3.8) is 0 Å². The number of sulfonamides is 1. The van der Waals surface area contributed by atoms with Crippen LogP contribution in [-0.2, 0) is 27.9 Å². The molecule has 0 radical (unpaired) electrons. The van der Waals surface area contributed by atoms with Gasteiger partial charge in [-0.25, -0.2) is 8.42 Å². The third-order valence-electron chi connectivity index (χ3n) is 5.05. The van der Waals surface area contributed by atoms with Gasteiger partial charge in [0.05, 0.1) is 26.5 Å². The van der Waals surface area contributed by atoms with E-state index in [0.717, 1.165) is 16.7 Å². The molecular weight excluding hydrogens is 478 g/mol. The molecule has 1 aromatic carbocycles. The molecular formula is C18H22BrN5O5S. The Balaban J connectivity index is 1.56. The molecule has 0 unspecified atom stereocenters. The number of carbonyl (C=O) groups is 1. The zero-order chi connectivity index (χ0) is 21.9. The van der Waals surface area contributed by atoms with Gasteiger partial charge in [-0.3, -0.25) is 19.6 Å². The van der Waals surface area contributed by atoms with E-state index in [-0.39, 0.29) is 35.5 Å². The van der Waals surface area contributed by atoms with Crippen molar-refractivity contribution >= 4 is 37.5 Å². The highest BCUT2D eigenvalue weighted by Crippen LogP contribution is 2.25. The molecule has 2 aromatic rings. The summed E-state index contributed by atoms with van der Waals surface area (Å²) in [5, 5.41) is 18.0. The van der Waals surface area contributed by atoms with Crippen LogP contribution in [0.5, 0.6) is 0 Å². The molecule has 10 nitrogen and oxygen atoms in total. The first-order valence-corrected chi connectivity index (χ1v) is 11.7. The first-order chi connectivity index (χ1) is 14.2. The van der Waals surface area contributed by atoms with Crippen LogP contribution < -0.4 is 5.32 Å². The van der Waals surface area contributed by atoms with Gasteiger partial charge >= 0.3 is 0 Å². The zero-order valence-electron chi connectivity index (χ0n) is 16.3. The summed E-state index contributed by atoms with van der Waals surface area (Å²) < 4.78 is 29.4. The highest BCUT2D eigenvalue weighted by Gasteiger charge is 2.32. The lowest BCUT2D eigenvalue weighted by molar-refractivity contribution is -0.384. The lowest BCUT2D eigenvalue weighted by Gasteiger charge is -2.30. The topological polar surface area (TPSA) is 127 Å². The number of nitrogens with zero attached hydrogens (tertiary/aromatic N) is 4.